The fourth-order valence-electron chi connectivity index (χ4n) is 2.09. The molecule has 0 spiro atoms. The zero-order valence-electron chi connectivity index (χ0n) is 11.4. The Morgan fingerprint density at radius 3 is 3.00 bits per heavy atom. The van der Waals surface area contributed by atoms with Gasteiger partial charge in [-0.1, -0.05) is 6.07 Å². The van der Waals surface area contributed by atoms with E-state index in [1.165, 1.54) is 11.3 Å². The van der Waals surface area contributed by atoms with Crippen LogP contribution in [-0.2, 0) is 4.79 Å². The predicted molar refractivity (Wildman–Crippen MR) is 82.6 cm³/mol. The molecular weight excluding hydrogens is 298 g/mol. The molecular formula is C13H20ClN3O2S. The Kier molecular flexibility index (Phi) is 6.98. The molecule has 0 radical (unpaired) electrons. The lowest BCUT2D eigenvalue weighted by Crippen LogP contribution is -2.51. The molecule has 5 nitrogen and oxygen atoms in total. The minimum Gasteiger partial charge on any atom is -0.351 e. The number of nitrogens with zero attached hydrogens (tertiary/aromatic N) is 1. The van der Waals surface area contributed by atoms with Crippen molar-refractivity contribution in [1.82, 2.24) is 15.5 Å². The van der Waals surface area contributed by atoms with E-state index in [4.69, 9.17) is 0 Å². The number of carbonyl (C=O) groups is 2. The van der Waals surface area contributed by atoms with Crippen LogP contribution in [0.15, 0.2) is 17.5 Å². The van der Waals surface area contributed by atoms with Gasteiger partial charge in [-0.25, -0.2) is 0 Å². The van der Waals surface area contributed by atoms with Gasteiger partial charge in [0.15, 0.2) is 0 Å². The molecule has 2 heterocycles. The highest BCUT2D eigenvalue weighted by atomic mass is 35.5. The first-order valence-corrected chi connectivity index (χ1v) is 7.37. The van der Waals surface area contributed by atoms with Crippen molar-refractivity contribution >= 4 is 35.6 Å². The lowest BCUT2D eigenvalue weighted by atomic mass is 10.2. The van der Waals surface area contributed by atoms with Gasteiger partial charge in [-0.3, -0.25) is 9.59 Å². The Hall–Kier alpha value is -1.11. The molecule has 2 rings (SSSR count). The lowest BCUT2D eigenvalue weighted by Gasteiger charge is -2.32. The first-order chi connectivity index (χ1) is 9.16. The molecule has 1 fully saturated rings. The van der Waals surface area contributed by atoms with Gasteiger partial charge >= 0.3 is 0 Å². The summed E-state index contributed by atoms with van der Waals surface area (Å²) in [5.74, 6) is 0.0105. The molecule has 1 aromatic rings. The number of nitrogens with one attached hydrogen (secondary N) is 2. The molecule has 0 bridgehead atoms. The van der Waals surface area contributed by atoms with E-state index in [0.717, 1.165) is 19.6 Å². The van der Waals surface area contributed by atoms with Gasteiger partial charge < -0.3 is 15.5 Å². The summed E-state index contributed by atoms with van der Waals surface area (Å²) in [7, 11) is 0. The van der Waals surface area contributed by atoms with Crippen molar-refractivity contribution in [1.29, 1.82) is 0 Å². The molecule has 1 saturated heterocycles. The van der Waals surface area contributed by atoms with Gasteiger partial charge in [-0.05, 0) is 18.4 Å². The Morgan fingerprint density at radius 2 is 2.35 bits per heavy atom. The Labute approximate surface area is 129 Å². The van der Waals surface area contributed by atoms with Gasteiger partial charge in [-0.15, -0.1) is 23.7 Å². The average molecular weight is 318 g/mol. The summed E-state index contributed by atoms with van der Waals surface area (Å²) in [6, 6.07) is 3.96. The van der Waals surface area contributed by atoms with E-state index in [-0.39, 0.29) is 24.2 Å². The fourth-order valence-corrected chi connectivity index (χ4v) is 2.73. The van der Waals surface area contributed by atoms with E-state index >= 15 is 0 Å². The molecule has 1 unspecified atom stereocenters. The monoisotopic (exact) mass is 317 g/mol. The quantitative estimate of drug-likeness (QED) is 0.874. The molecule has 0 saturated carbocycles. The summed E-state index contributed by atoms with van der Waals surface area (Å²) in [5.41, 5.74) is 0. The second kappa shape index (κ2) is 8.24. The van der Waals surface area contributed by atoms with Crippen LogP contribution in [0.3, 0.4) is 0 Å². The summed E-state index contributed by atoms with van der Waals surface area (Å²) < 4.78 is 0. The number of piperazine rings is 1. The molecule has 0 aromatic carbocycles. The number of rotatable bonds is 4. The van der Waals surface area contributed by atoms with Gasteiger partial charge in [0.2, 0.25) is 5.91 Å². The van der Waals surface area contributed by atoms with Crippen LogP contribution in [-0.4, -0.2) is 48.9 Å². The van der Waals surface area contributed by atoms with E-state index in [0.29, 0.717) is 23.9 Å². The smallest absolute Gasteiger partial charge is 0.261 e. The van der Waals surface area contributed by atoms with Crippen LogP contribution in [0.1, 0.15) is 23.0 Å². The molecule has 7 heteroatoms. The third kappa shape index (κ3) is 4.77. The molecule has 20 heavy (non-hydrogen) atoms. The fraction of sp³-hybridized carbons (Fsp3) is 0.538. The number of amides is 2. The summed E-state index contributed by atoms with van der Waals surface area (Å²) in [6.45, 7) is 4.81. The Bertz CT molecular complexity index is 439. The van der Waals surface area contributed by atoms with Crippen LogP contribution < -0.4 is 10.6 Å². The second-order valence-corrected chi connectivity index (χ2v) is 5.63. The number of hydrogen-bond donors (Lipinski definition) is 2. The van der Waals surface area contributed by atoms with Gasteiger partial charge in [0.25, 0.3) is 5.91 Å². The Morgan fingerprint density at radius 1 is 1.55 bits per heavy atom. The number of hydrogen-bond acceptors (Lipinski definition) is 4. The van der Waals surface area contributed by atoms with Crippen LogP contribution >= 0.6 is 23.7 Å². The molecule has 1 aliphatic rings. The van der Waals surface area contributed by atoms with Gasteiger partial charge in [0.05, 0.1) is 4.88 Å². The molecule has 1 aliphatic heterocycles. The van der Waals surface area contributed by atoms with E-state index in [9.17, 15) is 9.59 Å². The summed E-state index contributed by atoms with van der Waals surface area (Å²) in [4.78, 5) is 26.2. The highest BCUT2D eigenvalue weighted by Crippen LogP contribution is 2.07. The second-order valence-electron chi connectivity index (χ2n) is 4.68. The minimum atomic E-state index is -0.100. The van der Waals surface area contributed by atoms with Crippen molar-refractivity contribution in [3.63, 3.8) is 0 Å². The van der Waals surface area contributed by atoms with Crippen molar-refractivity contribution < 1.29 is 9.59 Å². The van der Waals surface area contributed by atoms with Crippen LogP contribution in [0.5, 0.6) is 0 Å². The molecule has 2 amide bonds. The van der Waals surface area contributed by atoms with Crippen molar-refractivity contribution in [2.75, 3.05) is 26.2 Å². The number of halogens is 1. The highest BCUT2D eigenvalue weighted by Gasteiger charge is 2.20. The van der Waals surface area contributed by atoms with Crippen LogP contribution in [0.4, 0.5) is 0 Å². The first kappa shape index (κ1) is 16.9. The van der Waals surface area contributed by atoms with E-state index in [1.54, 1.807) is 6.07 Å². The third-order valence-electron chi connectivity index (χ3n) is 3.09. The predicted octanol–water partition coefficient (Wildman–Crippen LogP) is 1.11. The first-order valence-electron chi connectivity index (χ1n) is 6.49. The van der Waals surface area contributed by atoms with E-state index in [2.05, 4.69) is 17.6 Å². The van der Waals surface area contributed by atoms with Crippen molar-refractivity contribution in [2.24, 2.45) is 0 Å². The van der Waals surface area contributed by atoms with Crippen molar-refractivity contribution in [2.45, 2.75) is 19.4 Å². The Balaban J connectivity index is 0.00000200. The molecule has 2 N–H and O–H groups in total. The van der Waals surface area contributed by atoms with E-state index < -0.39 is 0 Å². The normalized spacial score (nSPS) is 18.2. The molecule has 1 aromatic heterocycles. The van der Waals surface area contributed by atoms with Gasteiger partial charge in [0, 0.05) is 38.6 Å². The van der Waals surface area contributed by atoms with Crippen LogP contribution in [0.25, 0.3) is 0 Å². The van der Waals surface area contributed by atoms with Crippen LogP contribution in [0.2, 0.25) is 0 Å². The summed E-state index contributed by atoms with van der Waals surface area (Å²) in [5, 5.41) is 7.94. The maximum atomic E-state index is 12.0. The molecule has 112 valence electrons. The van der Waals surface area contributed by atoms with E-state index in [1.807, 2.05) is 16.3 Å². The topological polar surface area (TPSA) is 61.4 Å². The maximum Gasteiger partial charge on any atom is 0.261 e. The third-order valence-corrected chi connectivity index (χ3v) is 3.96. The summed E-state index contributed by atoms with van der Waals surface area (Å²) in [6.07, 6.45) is 0.365. The number of carbonyl (C=O) groups excluding carboxylic acids is 2. The molecule has 0 aliphatic carbocycles. The highest BCUT2D eigenvalue weighted by molar-refractivity contribution is 7.12. The van der Waals surface area contributed by atoms with Crippen molar-refractivity contribution in [3.8, 4) is 0 Å². The zero-order chi connectivity index (χ0) is 13.7. The lowest BCUT2D eigenvalue weighted by molar-refractivity contribution is -0.132. The zero-order valence-corrected chi connectivity index (χ0v) is 13.1. The standard InChI is InChI=1S/C13H19N3O2S.ClH/c1-10-9-16(7-6-14-10)12(17)4-5-15-13(18)11-3-2-8-19-11;/h2-3,8,10,14H,4-7,9H2,1H3,(H,15,18);1H. The SMILES string of the molecule is CC1CN(C(=O)CCNC(=O)c2cccs2)CCN1.Cl. The van der Waals surface area contributed by atoms with Crippen LogP contribution in [0, 0.1) is 0 Å². The number of thiophene rings is 1. The molecule has 1 atom stereocenters. The average Bonchev–Trinajstić information content (AvgIpc) is 2.92. The minimum absolute atomic E-state index is 0. The van der Waals surface area contributed by atoms with Crippen molar-refractivity contribution in [3.05, 3.63) is 22.4 Å². The largest absolute Gasteiger partial charge is 0.351 e. The summed E-state index contributed by atoms with van der Waals surface area (Å²) >= 11 is 1.40. The van der Waals surface area contributed by atoms with Gasteiger partial charge in [0.1, 0.15) is 0 Å². The maximum absolute atomic E-state index is 12.0. The van der Waals surface area contributed by atoms with Gasteiger partial charge in [-0.2, -0.15) is 0 Å².